The number of likely N-dealkylation sites (N-methyl/N-ethyl adjacent to an activating group) is 1. The van der Waals surface area contributed by atoms with E-state index in [0.717, 1.165) is 30.8 Å². The molecule has 0 bridgehead atoms. The highest BCUT2D eigenvalue weighted by molar-refractivity contribution is 7.92. The van der Waals surface area contributed by atoms with E-state index in [9.17, 15) is 21.6 Å². The molecular weight excluding hydrogens is 543 g/mol. The third-order valence-electron chi connectivity index (χ3n) is 6.20. The van der Waals surface area contributed by atoms with E-state index in [1.165, 1.54) is 16.9 Å². The topological polar surface area (TPSA) is 116 Å². The van der Waals surface area contributed by atoms with Gasteiger partial charge in [-0.15, -0.1) is 11.3 Å². The second-order valence-corrected chi connectivity index (χ2v) is 11.1. The first-order valence-electron chi connectivity index (χ1n) is 11.5. The van der Waals surface area contributed by atoms with E-state index in [1.807, 2.05) is 13.0 Å². The molecule has 0 radical (unpaired) electrons. The third-order valence-corrected chi connectivity index (χ3v) is 8.04. The van der Waals surface area contributed by atoms with Gasteiger partial charge in [-0.2, -0.15) is 21.6 Å². The van der Waals surface area contributed by atoms with Gasteiger partial charge in [0.1, 0.15) is 0 Å². The molecule has 0 spiro atoms. The molecule has 3 aromatic rings. The summed E-state index contributed by atoms with van der Waals surface area (Å²) in [6.07, 6.45) is -2.37. The van der Waals surface area contributed by atoms with Gasteiger partial charge in [0.2, 0.25) is 0 Å². The SMILES string of the molecule is Cc1cc(S(=O)(=O)Nc2cscn2)ncc1N(C)[C@H]1CCN(C(C)c2ccccc2)C1.O=C(O)C(F)(F)F. The summed E-state index contributed by atoms with van der Waals surface area (Å²) in [4.78, 5) is 21.9. The summed E-state index contributed by atoms with van der Waals surface area (Å²) in [7, 11) is -1.70. The van der Waals surface area contributed by atoms with Crippen molar-refractivity contribution in [1.82, 2.24) is 14.9 Å². The predicted octanol–water partition coefficient (Wildman–Crippen LogP) is 4.55. The lowest BCUT2D eigenvalue weighted by molar-refractivity contribution is -0.192. The molecule has 9 nitrogen and oxygen atoms in total. The molecule has 0 aliphatic carbocycles. The maximum atomic E-state index is 12.6. The van der Waals surface area contributed by atoms with Crippen molar-refractivity contribution < 1.29 is 31.5 Å². The van der Waals surface area contributed by atoms with Crippen LogP contribution in [-0.4, -0.2) is 66.7 Å². The number of rotatable bonds is 7. The number of benzene rings is 1. The molecule has 1 fully saturated rings. The minimum absolute atomic E-state index is 0.000832. The van der Waals surface area contributed by atoms with Gasteiger partial charge in [0, 0.05) is 37.6 Å². The van der Waals surface area contributed by atoms with Crippen LogP contribution in [0.4, 0.5) is 24.7 Å². The maximum Gasteiger partial charge on any atom is 0.490 e. The molecule has 2 atom stereocenters. The van der Waals surface area contributed by atoms with E-state index < -0.39 is 22.2 Å². The number of aromatic nitrogens is 2. The van der Waals surface area contributed by atoms with Crippen molar-refractivity contribution >= 4 is 38.8 Å². The van der Waals surface area contributed by atoms with Crippen molar-refractivity contribution in [3.05, 3.63) is 64.6 Å². The lowest BCUT2D eigenvalue weighted by Gasteiger charge is -2.30. The van der Waals surface area contributed by atoms with Gasteiger partial charge in [-0.3, -0.25) is 9.62 Å². The normalized spacial score (nSPS) is 16.8. The van der Waals surface area contributed by atoms with Crippen molar-refractivity contribution in [3.63, 3.8) is 0 Å². The van der Waals surface area contributed by atoms with Crippen molar-refractivity contribution in [3.8, 4) is 0 Å². The Bertz CT molecular complexity index is 1320. The molecule has 0 saturated carbocycles. The molecule has 1 saturated heterocycles. The quantitative estimate of drug-likeness (QED) is 0.424. The minimum Gasteiger partial charge on any atom is -0.475 e. The summed E-state index contributed by atoms with van der Waals surface area (Å²) in [5.74, 6) is -2.45. The van der Waals surface area contributed by atoms with E-state index in [0.29, 0.717) is 17.9 Å². The van der Waals surface area contributed by atoms with Gasteiger partial charge in [-0.05, 0) is 37.5 Å². The average Bonchev–Trinajstić information content (AvgIpc) is 3.56. The number of hydrogen-bond acceptors (Lipinski definition) is 8. The van der Waals surface area contributed by atoms with Crippen molar-refractivity contribution in [2.24, 2.45) is 0 Å². The number of anilines is 2. The number of thiazole rings is 1. The first-order chi connectivity index (χ1) is 17.8. The fourth-order valence-corrected chi connectivity index (χ4v) is 5.64. The van der Waals surface area contributed by atoms with Gasteiger partial charge in [-0.25, -0.2) is 14.8 Å². The zero-order chi connectivity index (χ0) is 28.1. The lowest BCUT2D eigenvalue weighted by atomic mass is 10.1. The molecule has 1 unspecified atom stereocenters. The molecule has 4 rings (SSSR count). The summed E-state index contributed by atoms with van der Waals surface area (Å²) in [6.45, 7) is 6.16. The summed E-state index contributed by atoms with van der Waals surface area (Å²) in [6, 6.07) is 12.9. The second-order valence-electron chi connectivity index (χ2n) is 8.73. The lowest BCUT2D eigenvalue weighted by Crippen LogP contribution is -2.35. The Kier molecular flexibility index (Phi) is 9.33. The van der Waals surface area contributed by atoms with Gasteiger partial charge in [0.25, 0.3) is 10.0 Å². The van der Waals surface area contributed by atoms with Crippen LogP contribution in [0.3, 0.4) is 0 Å². The molecule has 38 heavy (non-hydrogen) atoms. The second kappa shape index (κ2) is 12.1. The highest BCUT2D eigenvalue weighted by Crippen LogP contribution is 2.30. The third kappa shape index (κ3) is 7.42. The van der Waals surface area contributed by atoms with Crippen LogP contribution in [-0.2, 0) is 14.8 Å². The molecule has 1 aromatic carbocycles. The number of sulfonamides is 1. The number of carboxylic acid groups (broad SMARTS) is 1. The van der Waals surface area contributed by atoms with E-state index >= 15 is 0 Å². The summed E-state index contributed by atoms with van der Waals surface area (Å²) in [5.41, 5.74) is 4.74. The number of nitrogens with zero attached hydrogens (tertiary/aromatic N) is 4. The maximum absolute atomic E-state index is 12.6. The number of carboxylic acids is 1. The summed E-state index contributed by atoms with van der Waals surface area (Å²) < 4.78 is 59.4. The average molecular weight is 572 g/mol. The number of alkyl halides is 3. The van der Waals surface area contributed by atoms with E-state index in [4.69, 9.17) is 9.90 Å². The Balaban J connectivity index is 0.000000505. The van der Waals surface area contributed by atoms with Gasteiger partial charge in [0.15, 0.2) is 10.8 Å². The number of nitrogens with one attached hydrogen (secondary N) is 1. The van der Waals surface area contributed by atoms with Crippen LogP contribution in [0.25, 0.3) is 0 Å². The molecule has 0 amide bonds. The highest BCUT2D eigenvalue weighted by Gasteiger charge is 2.38. The smallest absolute Gasteiger partial charge is 0.475 e. The number of aliphatic carboxylic acids is 1. The van der Waals surface area contributed by atoms with Gasteiger partial charge >= 0.3 is 12.1 Å². The molecule has 14 heteroatoms. The fraction of sp³-hybridized carbons (Fsp3) is 0.375. The van der Waals surface area contributed by atoms with Crippen LogP contribution >= 0.6 is 11.3 Å². The first kappa shape index (κ1) is 29.3. The molecular formula is C24H28F3N5O4S2. The Morgan fingerprint density at radius 3 is 2.47 bits per heavy atom. The minimum atomic E-state index is -5.08. The largest absolute Gasteiger partial charge is 0.490 e. The van der Waals surface area contributed by atoms with Gasteiger partial charge in [-0.1, -0.05) is 30.3 Å². The number of pyridine rings is 1. The zero-order valence-electron chi connectivity index (χ0n) is 20.9. The Morgan fingerprint density at radius 2 is 1.92 bits per heavy atom. The molecule has 1 aliphatic rings. The Morgan fingerprint density at radius 1 is 1.26 bits per heavy atom. The Labute approximate surface area is 223 Å². The van der Waals surface area contributed by atoms with Gasteiger partial charge < -0.3 is 10.0 Å². The van der Waals surface area contributed by atoms with Crippen LogP contribution < -0.4 is 9.62 Å². The van der Waals surface area contributed by atoms with Crippen molar-refractivity contribution in [1.29, 1.82) is 0 Å². The number of likely N-dealkylation sites (tertiary alicyclic amines) is 1. The van der Waals surface area contributed by atoms with Crippen LogP contribution in [0.5, 0.6) is 0 Å². The fourth-order valence-electron chi connectivity index (χ4n) is 4.07. The standard InChI is InChI=1S/C22H27N5O2S2.C2HF3O2/c1-16-11-22(31(28,29)25-21-14-30-15-24-21)23-12-20(16)26(3)19-9-10-27(13-19)17(2)18-7-5-4-6-8-18;3-2(4,5)1(6)7/h4-8,11-12,14-15,17,19,25H,9-10,13H2,1-3H3;(H,6,7)/t17?,19-;/m0./s1. The molecule has 2 aromatic heterocycles. The van der Waals surface area contributed by atoms with Crippen LogP contribution in [0.2, 0.25) is 0 Å². The summed E-state index contributed by atoms with van der Waals surface area (Å²) >= 11 is 1.33. The molecule has 206 valence electrons. The van der Waals surface area contributed by atoms with Gasteiger partial charge in [0.05, 0.1) is 17.4 Å². The van der Waals surface area contributed by atoms with Crippen LogP contribution in [0.1, 0.15) is 30.5 Å². The monoisotopic (exact) mass is 571 g/mol. The van der Waals surface area contributed by atoms with Crippen LogP contribution in [0.15, 0.2) is 58.5 Å². The number of carbonyl (C=O) groups is 1. The summed E-state index contributed by atoms with van der Waals surface area (Å²) in [5, 5.41) is 8.77. The highest BCUT2D eigenvalue weighted by atomic mass is 32.2. The predicted molar refractivity (Wildman–Crippen MR) is 139 cm³/mol. The Hall–Kier alpha value is -3.23. The van der Waals surface area contributed by atoms with E-state index in [2.05, 4.69) is 62.7 Å². The van der Waals surface area contributed by atoms with Crippen LogP contribution in [0, 0.1) is 6.92 Å². The number of hydrogen-bond donors (Lipinski definition) is 2. The van der Waals surface area contributed by atoms with Crippen molar-refractivity contribution in [2.75, 3.05) is 29.8 Å². The molecule has 1 aliphatic heterocycles. The number of halogens is 3. The molecule has 3 heterocycles. The van der Waals surface area contributed by atoms with Crippen molar-refractivity contribution in [2.45, 2.75) is 43.6 Å². The van der Waals surface area contributed by atoms with E-state index in [1.54, 1.807) is 23.2 Å². The molecule has 2 N–H and O–H groups in total. The van der Waals surface area contributed by atoms with E-state index in [-0.39, 0.29) is 5.03 Å². The zero-order valence-corrected chi connectivity index (χ0v) is 22.5. The number of aryl methyl sites for hydroxylation is 1. The first-order valence-corrected chi connectivity index (χ1v) is 13.9.